The quantitative estimate of drug-likeness (QED) is 0.511. The summed E-state index contributed by atoms with van der Waals surface area (Å²) in [6.07, 6.45) is 1.49. The molecule has 0 aliphatic rings. The van der Waals surface area contributed by atoms with Crippen molar-refractivity contribution in [2.45, 2.75) is 0 Å². The predicted octanol–water partition coefficient (Wildman–Crippen LogP) is 1.37. The van der Waals surface area contributed by atoms with Crippen molar-refractivity contribution in [1.29, 1.82) is 0 Å². The smallest absolute Gasteiger partial charge is 0.133 e. The van der Waals surface area contributed by atoms with Gasteiger partial charge >= 0.3 is 0 Å². The van der Waals surface area contributed by atoms with Gasteiger partial charge < -0.3 is 4.42 Å². The zero-order chi connectivity index (χ0) is 7.84. The Morgan fingerprint density at radius 1 is 1.27 bits per heavy atom. The molecule has 0 atom stereocenters. The normalized spacial score (nSPS) is 10.6. The van der Waals surface area contributed by atoms with Crippen LogP contribution in [0.25, 0.3) is 11.0 Å². The van der Waals surface area contributed by atoms with Gasteiger partial charge in [-0.3, -0.25) is 0 Å². The number of rotatable bonds is 0. The van der Waals surface area contributed by atoms with Crippen LogP contribution in [0.5, 0.6) is 0 Å². The number of halogens is 1. The van der Waals surface area contributed by atoms with Crippen molar-refractivity contribution in [3.63, 3.8) is 0 Å². The summed E-state index contributed by atoms with van der Waals surface area (Å²) in [5, 5.41) is 0.630. The van der Waals surface area contributed by atoms with Crippen LogP contribution < -0.4 is 5.46 Å². The summed E-state index contributed by atoms with van der Waals surface area (Å²) in [6, 6.07) is 4.50. The lowest BCUT2D eigenvalue weighted by atomic mass is 9.92. The van der Waals surface area contributed by atoms with Crippen molar-refractivity contribution >= 4 is 24.3 Å². The Morgan fingerprint density at radius 2 is 2.09 bits per heavy atom. The molecule has 2 radical (unpaired) electrons. The van der Waals surface area contributed by atoms with Gasteiger partial charge in [0.15, 0.2) is 0 Å². The molecule has 1 heterocycles. The van der Waals surface area contributed by atoms with E-state index in [1.165, 1.54) is 12.3 Å². The number of hydrogen-bond donors (Lipinski definition) is 0. The van der Waals surface area contributed by atoms with Crippen molar-refractivity contribution in [2.24, 2.45) is 0 Å². The van der Waals surface area contributed by atoms with E-state index in [1.54, 1.807) is 12.1 Å². The minimum Gasteiger partial charge on any atom is -0.464 e. The van der Waals surface area contributed by atoms with E-state index >= 15 is 0 Å². The first-order valence-corrected chi connectivity index (χ1v) is 3.20. The molecule has 2 aromatic rings. The van der Waals surface area contributed by atoms with Crippen LogP contribution in [0.1, 0.15) is 0 Å². The lowest BCUT2D eigenvalue weighted by molar-refractivity contribution is 0.611. The summed E-state index contributed by atoms with van der Waals surface area (Å²) in [6.45, 7) is 0. The maximum atomic E-state index is 12.8. The summed E-state index contributed by atoms with van der Waals surface area (Å²) in [7, 11) is 5.43. The summed E-state index contributed by atoms with van der Waals surface area (Å²) in [5.41, 5.74) is 0.764. The van der Waals surface area contributed by atoms with Crippen molar-refractivity contribution < 1.29 is 8.81 Å². The Bertz CT molecular complexity index is 394. The minimum atomic E-state index is -0.404. The summed E-state index contributed by atoms with van der Waals surface area (Å²) in [4.78, 5) is 0. The first-order chi connectivity index (χ1) is 5.29. The topological polar surface area (TPSA) is 13.1 Å². The number of fused-ring (bicyclic) bond motifs is 1. The average Bonchev–Trinajstić information content (AvgIpc) is 2.45. The summed E-state index contributed by atoms with van der Waals surface area (Å²) < 4.78 is 17.8. The highest BCUT2D eigenvalue weighted by molar-refractivity contribution is 6.38. The molecule has 2 rings (SSSR count). The molecule has 0 unspecified atom stereocenters. The van der Waals surface area contributed by atoms with Crippen LogP contribution in [0.15, 0.2) is 28.9 Å². The highest BCUT2D eigenvalue weighted by Gasteiger charge is 2.02. The van der Waals surface area contributed by atoms with Crippen LogP contribution in [0.3, 0.4) is 0 Å². The van der Waals surface area contributed by atoms with Gasteiger partial charge in [0.05, 0.1) is 6.26 Å². The molecule has 0 saturated carbocycles. The molecule has 0 saturated heterocycles. The lowest BCUT2D eigenvalue weighted by Gasteiger charge is -1.95. The third-order valence-electron chi connectivity index (χ3n) is 1.62. The van der Waals surface area contributed by atoms with Crippen LogP contribution in [-0.2, 0) is 0 Å². The molecular formula is C8H4BFO. The Kier molecular flexibility index (Phi) is 1.25. The van der Waals surface area contributed by atoms with Gasteiger partial charge in [-0.05, 0) is 18.2 Å². The second-order valence-electron chi connectivity index (χ2n) is 2.29. The Morgan fingerprint density at radius 3 is 2.91 bits per heavy atom. The van der Waals surface area contributed by atoms with E-state index in [0.717, 1.165) is 0 Å². The highest BCUT2D eigenvalue weighted by atomic mass is 19.1. The van der Waals surface area contributed by atoms with E-state index in [9.17, 15) is 4.39 Å². The highest BCUT2D eigenvalue weighted by Crippen LogP contribution is 2.12. The summed E-state index contributed by atoms with van der Waals surface area (Å²) >= 11 is 0. The van der Waals surface area contributed by atoms with Crippen LogP contribution in [0, 0.1) is 5.82 Å². The first kappa shape index (κ1) is 6.46. The minimum absolute atomic E-state index is 0.149. The SMILES string of the molecule is [B]c1c(F)ccc2occc12. The van der Waals surface area contributed by atoms with Gasteiger partial charge in [0.25, 0.3) is 0 Å². The van der Waals surface area contributed by atoms with Crippen LogP contribution >= 0.6 is 0 Å². The van der Waals surface area contributed by atoms with E-state index in [0.29, 0.717) is 11.0 Å². The summed E-state index contributed by atoms with van der Waals surface area (Å²) in [5.74, 6) is -0.404. The van der Waals surface area contributed by atoms with Crippen molar-refractivity contribution in [3.8, 4) is 0 Å². The molecule has 0 amide bonds. The standard InChI is InChI=1S/C8H4BFO/c9-8-5-3-4-11-7(5)2-1-6(8)10/h1-4H. The van der Waals surface area contributed by atoms with Gasteiger partial charge in [-0.15, -0.1) is 0 Å². The van der Waals surface area contributed by atoms with Crippen molar-refractivity contribution in [3.05, 3.63) is 30.3 Å². The van der Waals surface area contributed by atoms with Gasteiger partial charge in [0, 0.05) is 5.39 Å². The monoisotopic (exact) mass is 146 g/mol. The molecule has 0 aliphatic carbocycles. The van der Waals surface area contributed by atoms with Gasteiger partial charge in [-0.2, -0.15) is 0 Å². The molecular weight excluding hydrogens is 142 g/mol. The van der Waals surface area contributed by atoms with Crippen molar-refractivity contribution in [2.75, 3.05) is 0 Å². The largest absolute Gasteiger partial charge is 0.464 e. The molecule has 11 heavy (non-hydrogen) atoms. The first-order valence-electron chi connectivity index (χ1n) is 3.20. The predicted molar refractivity (Wildman–Crippen MR) is 41.6 cm³/mol. The van der Waals surface area contributed by atoms with Crippen LogP contribution in [-0.4, -0.2) is 7.85 Å². The molecule has 3 heteroatoms. The zero-order valence-electron chi connectivity index (χ0n) is 5.67. The Balaban J connectivity index is 2.93. The molecule has 1 aromatic carbocycles. The molecule has 52 valence electrons. The molecule has 1 nitrogen and oxygen atoms in total. The van der Waals surface area contributed by atoms with Gasteiger partial charge in [0.1, 0.15) is 19.2 Å². The number of benzene rings is 1. The molecule has 0 fully saturated rings. The molecule has 0 N–H and O–H groups in total. The van der Waals surface area contributed by atoms with Gasteiger partial charge in [-0.1, -0.05) is 5.46 Å². The molecule has 0 bridgehead atoms. The fraction of sp³-hybridized carbons (Fsp3) is 0. The molecule has 0 aliphatic heterocycles. The Hall–Kier alpha value is -1.25. The average molecular weight is 146 g/mol. The van der Waals surface area contributed by atoms with E-state index in [1.807, 2.05) is 0 Å². The third kappa shape index (κ3) is 0.844. The fourth-order valence-corrected chi connectivity index (χ4v) is 1.04. The zero-order valence-corrected chi connectivity index (χ0v) is 5.67. The molecule has 1 aromatic heterocycles. The number of furan rings is 1. The van der Waals surface area contributed by atoms with E-state index < -0.39 is 5.82 Å². The Labute approximate surface area is 64.2 Å². The second-order valence-corrected chi connectivity index (χ2v) is 2.29. The second kappa shape index (κ2) is 2.12. The van der Waals surface area contributed by atoms with E-state index in [2.05, 4.69) is 0 Å². The maximum Gasteiger partial charge on any atom is 0.133 e. The lowest BCUT2D eigenvalue weighted by Crippen LogP contribution is -2.07. The van der Waals surface area contributed by atoms with E-state index in [-0.39, 0.29) is 5.46 Å². The van der Waals surface area contributed by atoms with Crippen LogP contribution in [0.4, 0.5) is 4.39 Å². The van der Waals surface area contributed by atoms with Gasteiger partial charge in [-0.25, -0.2) is 4.39 Å². The van der Waals surface area contributed by atoms with Crippen molar-refractivity contribution in [1.82, 2.24) is 0 Å². The van der Waals surface area contributed by atoms with Crippen LogP contribution in [0.2, 0.25) is 0 Å². The third-order valence-corrected chi connectivity index (χ3v) is 1.62. The fourth-order valence-electron chi connectivity index (χ4n) is 1.04. The maximum absolute atomic E-state index is 12.8. The number of hydrogen-bond acceptors (Lipinski definition) is 1. The van der Waals surface area contributed by atoms with E-state index in [4.69, 9.17) is 12.3 Å². The molecule has 0 spiro atoms. The van der Waals surface area contributed by atoms with Gasteiger partial charge in [0.2, 0.25) is 0 Å².